The van der Waals surface area contributed by atoms with E-state index in [1.54, 1.807) is 45.2 Å². The van der Waals surface area contributed by atoms with Gasteiger partial charge in [0.1, 0.15) is 17.0 Å². The minimum absolute atomic E-state index is 0.235. The zero-order valence-electron chi connectivity index (χ0n) is 17.8. The van der Waals surface area contributed by atoms with Crippen molar-refractivity contribution in [1.29, 1.82) is 0 Å². The van der Waals surface area contributed by atoms with E-state index in [4.69, 9.17) is 38.0 Å². The number of nitrogens with zero attached hydrogens (tertiary/aromatic N) is 1. The van der Waals surface area contributed by atoms with Crippen LogP contribution in [0.25, 0.3) is 6.08 Å². The number of benzene rings is 2. The predicted octanol–water partition coefficient (Wildman–Crippen LogP) is 5.08. The van der Waals surface area contributed by atoms with Crippen molar-refractivity contribution >= 4 is 57.9 Å². The van der Waals surface area contributed by atoms with Gasteiger partial charge in [-0.25, -0.2) is 4.79 Å². The lowest BCUT2D eigenvalue weighted by Crippen LogP contribution is -2.42. The summed E-state index contributed by atoms with van der Waals surface area (Å²) in [4.78, 5) is 26.6. The number of amides is 1. The summed E-state index contributed by atoms with van der Waals surface area (Å²) in [5, 5.41) is 0.627. The van der Waals surface area contributed by atoms with Crippen molar-refractivity contribution in [2.75, 3.05) is 13.7 Å². The highest BCUT2D eigenvalue weighted by molar-refractivity contribution is 8.26. The highest BCUT2D eigenvalue weighted by Gasteiger charge is 2.38. The summed E-state index contributed by atoms with van der Waals surface area (Å²) in [6, 6.07) is 12.0. The summed E-state index contributed by atoms with van der Waals surface area (Å²) in [5.74, 6) is 0.236. The summed E-state index contributed by atoms with van der Waals surface area (Å²) in [5.41, 5.74) is 1.59. The molecule has 0 saturated carbocycles. The molecule has 1 aliphatic heterocycles. The zero-order valence-corrected chi connectivity index (χ0v) is 20.2. The number of carbonyl (C=O) groups excluding carboxylic acids is 2. The molecule has 0 aliphatic carbocycles. The standard InChI is InChI=1S/C23H22ClNO5S2/c1-4-29-22(27)14(2)25-21(26)20(32-23(25)31)12-15-9-10-18(19(11-15)28-3)30-13-16-7-5-6-8-17(16)24/h5-12,14H,4,13H2,1-3H3/b20-12-. The summed E-state index contributed by atoms with van der Waals surface area (Å²) in [7, 11) is 1.54. The highest BCUT2D eigenvalue weighted by Crippen LogP contribution is 2.36. The van der Waals surface area contributed by atoms with Gasteiger partial charge < -0.3 is 14.2 Å². The van der Waals surface area contributed by atoms with Gasteiger partial charge in [-0.2, -0.15) is 0 Å². The fraction of sp³-hybridized carbons (Fsp3) is 0.261. The van der Waals surface area contributed by atoms with Gasteiger partial charge in [-0.1, -0.05) is 59.8 Å². The molecule has 9 heteroatoms. The first-order valence-electron chi connectivity index (χ1n) is 9.83. The number of thiocarbonyl (C=S) groups is 1. The van der Waals surface area contributed by atoms with E-state index in [0.29, 0.717) is 32.4 Å². The van der Waals surface area contributed by atoms with Crippen molar-refractivity contribution in [1.82, 2.24) is 4.90 Å². The first kappa shape index (κ1) is 24.1. The molecule has 0 bridgehead atoms. The number of rotatable bonds is 8. The van der Waals surface area contributed by atoms with Crippen molar-refractivity contribution in [2.45, 2.75) is 26.5 Å². The van der Waals surface area contributed by atoms with Crippen LogP contribution < -0.4 is 9.47 Å². The van der Waals surface area contributed by atoms with Crippen molar-refractivity contribution in [2.24, 2.45) is 0 Å². The Morgan fingerprint density at radius 3 is 2.69 bits per heavy atom. The van der Waals surface area contributed by atoms with Crippen LogP contribution in [0.15, 0.2) is 47.4 Å². The maximum atomic E-state index is 12.9. The Bertz CT molecular complexity index is 1070. The van der Waals surface area contributed by atoms with Crippen LogP contribution >= 0.6 is 35.6 Å². The molecule has 32 heavy (non-hydrogen) atoms. The normalized spacial score (nSPS) is 15.8. The molecule has 1 heterocycles. The molecular weight excluding hydrogens is 470 g/mol. The minimum Gasteiger partial charge on any atom is -0.493 e. The van der Waals surface area contributed by atoms with Crippen molar-refractivity contribution in [3.05, 3.63) is 63.5 Å². The van der Waals surface area contributed by atoms with E-state index in [9.17, 15) is 9.59 Å². The second-order valence-corrected chi connectivity index (χ2v) is 8.85. The van der Waals surface area contributed by atoms with Crippen molar-refractivity contribution in [3.63, 3.8) is 0 Å². The van der Waals surface area contributed by atoms with E-state index >= 15 is 0 Å². The van der Waals surface area contributed by atoms with Crippen molar-refractivity contribution < 1.29 is 23.8 Å². The predicted molar refractivity (Wildman–Crippen MR) is 130 cm³/mol. The molecule has 1 aliphatic rings. The van der Waals surface area contributed by atoms with Crippen LogP contribution in [0, 0.1) is 0 Å². The van der Waals surface area contributed by atoms with E-state index in [1.165, 1.54) is 4.90 Å². The van der Waals surface area contributed by atoms with E-state index in [-0.39, 0.29) is 12.5 Å². The first-order chi connectivity index (χ1) is 15.3. The number of thioether (sulfide) groups is 1. The largest absolute Gasteiger partial charge is 0.493 e. The van der Waals surface area contributed by atoms with Crippen molar-refractivity contribution in [3.8, 4) is 11.5 Å². The van der Waals surface area contributed by atoms with Crippen LogP contribution in [0.2, 0.25) is 5.02 Å². The van der Waals surface area contributed by atoms with Gasteiger partial charge in [-0.05, 0) is 43.7 Å². The average molecular weight is 492 g/mol. The molecule has 1 amide bonds. The molecule has 1 fully saturated rings. The number of esters is 1. The molecule has 1 atom stereocenters. The van der Waals surface area contributed by atoms with E-state index in [0.717, 1.165) is 22.9 Å². The molecule has 0 aromatic heterocycles. The Labute approximate surface area is 201 Å². The highest BCUT2D eigenvalue weighted by atomic mass is 35.5. The van der Waals surface area contributed by atoms with Gasteiger partial charge in [-0.15, -0.1) is 0 Å². The second-order valence-electron chi connectivity index (χ2n) is 6.77. The average Bonchev–Trinajstić information content (AvgIpc) is 3.06. The van der Waals surface area contributed by atoms with E-state index < -0.39 is 12.0 Å². The molecular formula is C23H22ClNO5S2. The van der Waals surface area contributed by atoms with E-state index in [2.05, 4.69) is 0 Å². The topological polar surface area (TPSA) is 65.1 Å². The van der Waals surface area contributed by atoms with Crippen LogP contribution in [-0.4, -0.2) is 40.9 Å². The summed E-state index contributed by atoms with van der Waals surface area (Å²) in [6.07, 6.45) is 1.71. The molecule has 1 unspecified atom stereocenters. The van der Waals surface area contributed by atoms with Crippen LogP contribution in [0.3, 0.4) is 0 Å². The molecule has 2 aromatic rings. The van der Waals surface area contributed by atoms with Gasteiger partial charge in [-0.3, -0.25) is 9.69 Å². The lowest BCUT2D eigenvalue weighted by atomic mass is 10.1. The zero-order chi connectivity index (χ0) is 23.3. The lowest BCUT2D eigenvalue weighted by Gasteiger charge is -2.21. The molecule has 0 spiro atoms. The third-order valence-electron chi connectivity index (χ3n) is 4.67. The number of hydrogen-bond donors (Lipinski definition) is 0. The summed E-state index contributed by atoms with van der Waals surface area (Å²) < 4.78 is 16.7. The van der Waals surface area contributed by atoms with Crippen LogP contribution in [0.4, 0.5) is 0 Å². The SMILES string of the molecule is CCOC(=O)C(C)N1C(=O)/C(=C/c2ccc(OCc3ccccc3Cl)c(OC)c2)SC1=S. The maximum absolute atomic E-state index is 12.9. The third-order valence-corrected chi connectivity index (χ3v) is 6.36. The Hall–Kier alpha value is -2.55. The molecule has 0 N–H and O–H groups in total. The monoisotopic (exact) mass is 491 g/mol. The van der Waals surface area contributed by atoms with Gasteiger partial charge >= 0.3 is 5.97 Å². The van der Waals surface area contributed by atoms with Gasteiger partial charge in [0, 0.05) is 10.6 Å². The molecule has 1 saturated heterocycles. The van der Waals surface area contributed by atoms with Crippen LogP contribution in [0.5, 0.6) is 11.5 Å². The first-order valence-corrected chi connectivity index (χ1v) is 11.4. The number of ether oxygens (including phenoxy) is 3. The van der Waals surface area contributed by atoms with Gasteiger partial charge in [0.15, 0.2) is 11.5 Å². The Kier molecular flexibility index (Phi) is 8.17. The third kappa shape index (κ3) is 5.43. The number of hydrogen-bond acceptors (Lipinski definition) is 7. The van der Waals surface area contributed by atoms with Crippen LogP contribution in [-0.2, 0) is 20.9 Å². The maximum Gasteiger partial charge on any atom is 0.329 e. The molecule has 3 rings (SSSR count). The summed E-state index contributed by atoms with van der Waals surface area (Å²) in [6.45, 7) is 3.84. The smallest absolute Gasteiger partial charge is 0.329 e. The quantitative estimate of drug-likeness (QED) is 0.290. The minimum atomic E-state index is -0.788. The van der Waals surface area contributed by atoms with Gasteiger partial charge in [0.2, 0.25) is 0 Å². The van der Waals surface area contributed by atoms with Gasteiger partial charge in [0.05, 0.1) is 18.6 Å². The number of halogens is 1. The fourth-order valence-corrected chi connectivity index (χ4v) is 4.61. The van der Waals surface area contributed by atoms with Gasteiger partial charge in [0.25, 0.3) is 5.91 Å². The molecule has 0 radical (unpaired) electrons. The lowest BCUT2D eigenvalue weighted by molar-refractivity contribution is -0.149. The fourth-order valence-electron chi connectivity index (χ4n) is 3.00. The summed E-state index contributed by atoms with van der Waals surface area (Å²) >= 11 is 12.6. The molecule has 2 aromatic carbocycles. The number of carbonyl (C=O) groups is 2. The Morgan fingerprint density at radius 2 is 2.00 bits per heavy atom. The molecule has 6 nitrogen and oxygen atoms in total. The second kappa shape index (κ2) is 10.8. The Morgan fingerprint density at radius 1 is 1.25 bits per heavy atom. The number of methoxy groups -OCH3 is 1. The Balaban J connectivity index is 1.77. The molecule has 168 valence electrons. The van der Waals surface area contributed by atoms with Crippen LogP contribution in [0.1, 0.15) is 25.0 Å². The van der Waals surface area contributed by atoms with E-state index in [1.807, 2.05) is 24.3 Å².